The molecule has 2 aliphatic rings. The van der Waals surface area contributed by atoms with Gasteiger partial charge in [-0.3, -0.25) is 4.90 Å². The van der Waals surface area contributed by atoms with Crippen LogP contribution in [0, 0.1) is 5.92 Å². The van der Waals surface area contributed by atoms with Crippen LogP contribution in [-0.4, -0.2) is 36.1 Å². The van der Waals surface area contributed by atoms with E-state index in [1.165, 1.54) is 37.9 Å². The summed E-state index contributed by atoms with van der Waals surface area (Å²) in [6.45, 7) is 8.42. The van der Waals surface area contributed by atoms with E-state index in [2.05, 4.69) is 54.4 Å². The van der Waals surface area contributed by atoms with E-state index in [1.807, 2.05) is 0 Å². The van der Waals surface area contributed by atoms with E-state index in [9.17, 15) is 0 Å². The molecule has 1 aliphatic heterocycles. The zero-order valence-corrected chi connectivity index (χ0v) is 12.9. The van der Waals surface area contributed by atoms with Crippen LogP contribution in [0.3, 0.4) is 0 Å². The van der Waals surface area contributed by atoms with Gasteiger partial charge < -0.3 is 5.32 Å². The predicted octanol–water partition coefficient (Wildman–Crippen LogP) is 3.08. The lowest BCUT2D eigenvalue weighted by molar-refractivity contribution is 0.0447. The molecule has 1 aromatic carbocycles. The minimum absolute atomic E-state index is 0.357. The number of piperazine rings is 1. The van der Waals surface area contributed by atoms with Crippen molar-refractivity contribution < 1.29 is 0 Å². The zero-order chi connectivity index (χ0) is 14.0. The van der Waals surface area contributed by atoms with Gasteiger partial charge in [0.1, 0.15) is 0 Å². The molecule has 3 rings (SSSR count). The number of benzene rings is 1. The molecule has 2 atom stereocenters. The molecule has 2 nitrogen and oxygen atoms in total. The SMILES string of the molecule is CCC1(C)CNC(Cc2ccccc2)CN1CC1CC1. The second-order valence-electron chi connectivity index (χ2n) is 6.97. The molecule has 1 saturated carbocycles. The average Bonchev–Trinajstić information content (AvgIpc) is 3.28. The number of nitrogens with zero attached hydrogens (tertiary/aromatic N) is 1. The van der Waals surface area contributed by atoms with Crippen LogP contribution in [0.1, 0.15) is 38.7 Å². The number of hydrogen-bond acceptors (Lipinski definition) is 2. The first-order chi connectivity index (χ1) is 9.69. The van der Waals surface area contributed by atoms with Crippen LogP contribution in [-0.2, 0) is 6.42 Å². The summed E-state index contributed by atoms with van der Waals surface area (Å²) in [5.74, 6) is 0.983. The molecule has 2 fully saturated rings. The summed E-state index contributed by atoms with van der Waals surface area (Å²) in [6, 6.07) is 11.5. The van der Waals surface area contributed by atoms with Crippen molar-refractivity contribution in [3.8, 4) is 0 Å². The highest BCUT2D eigenvalue weighted by molar-refractivity contribution is 5.16. The molecule has 110 valence electrons. The summed E-state index contributed by atoms with van der Waals surface area (Å²) >= 11 is 0. The largest absolute Gasteiger partial charge is 0.311 e. The van der Waals surface area contributed by atoms with Crippen LogP contribution >= 0.6 is 0 Å². The van der Waals surface area contributed by atoms with Crippen molar-refractivity contribution in [1.29, 1.82) is 0 Å². The predicted molar refractivity (Wildman–Crippen MR) is 84.9 cm³/mol. The van der Waals surface area contributed by atoms with Gasteiger partial charge in [0.25, 0.3) is 0 Å². The first-order valence-electron chi connectivity index (χ1n) is 8.22. The molecule has 1 N–H and O–H groups in total. The summed E-state index contributed by atoms with van der Waals surface area (Å²) in [7, 11) is 0. The molecule has 1 aliphatic carbocycles. The third kappa shape index (κ3) is 3.24. The van der Waals surface area contributed by atoms with Crippen molar-refractivity contribution in [2.75, 3.05) is 19.6 Å². The summed E-state index contributed by atoms with van der Waals surface area (Å²) < 4.78 is 0. The number of hydrogen-bond donors (Lipinski definition) is 1. The van der Waals surface area contributed by atoms with E-state index in [1.54, 1.807) is 0 Å². The van der Waals surface area contributed by atoms with Crippen LogP contribution in [0.5, 0.6) is 0 Å². The molecule has 1 heterocycles. The van der Waals surface area contributed by atoms with E-state index in [-0.39, 0.29) is 0 Å². The zero-order valence-electron chi connectivity index (χ0n) is 12.9. The minimum atomic E-state index is 0.357. The van der Waals surface area contributed by atoms with E-state index in [4.69, 9.17) is 0 Å². The van der Waals surface area contributed by atoms with Crippen molar-refractivity contribution in [1.82, 2.24) is 10.2 Å². The van der Waals surface area contributed by atoms with Crippen LogP contribution in [0.15, 0.2) is 30.3 Å². The molecule has 0 bridgehead atoms. The van der Waals surface area contributed by atoms with Crippen molar-refractivity contribution in [2.24, 2.45) is 5.92 Å². The Hall–Kier alpha value is -0.860. The fraction of sp³-hybridized carbons (Fsp3) is 0.667. The minimum Gasteiger partial charge on any atom is -0.311 e. The fourth-order valence-corrected chi connectivity index (χ4v) is 3.32. The fourth-order valence-electron chi connectivity index (χ4n) is 3.32. The molecule has 0 spiro atoms. The molecule has 0 amide bonds. The van der Waals surface area contributed by atoms with Gasteiger partial charge in [0, 0.05) is 31.2 Å². The molecule has 0 aromatic heterocycles. The second-order valence-corrected chi connectivity index (χ2v) is 6.97. The van der Waals surface area contributed by atoms with Gasteiger partial charge in [0.2, 0.25) is 0 Å². The summed E-state index contributed by atoms with van der Waals surface area (Å²) in [6.07, 6.45) is 5.30. The Morgan fingerprint density at radius 2 is 2.00 bits per heavy atom. The molecule has 2 unspecified atom stereocenters. The number of nitrogens with one attached hydrogen (secondary N) is 1. The third-order valence-corrected chi connectivity index (χ3v) is 5.24. The van der Waals surface area contributed by atoms with Crippen LogP contribution in [0.4, 0.5) is 0 Å². The maximum absolute atomic E-state index is 3.79. The molecule has 1 aromatic rings. The molecule has 2 heteroatoms. The topological polar surface area (TPSA) is 15.3 Å². The van der Waals surface area contributed by atoms with Gasteiger partial charge in [-0.15, -0.1) is 0 Å². The van der Waals surface area contributed by atoms with Gasteiger partial charge in [-0.05, 0) is 44.1 Å². The molecular weight excluding hydrogens is 244 g/mol. The molecular formula is C18H28N2. The normalized spacial score (nSPS) is 31.4. The Labute approximate surface area is 123 Å². The monoisotopic (exact) mass is 272 g/mol. The van der Waals surface area contributed by atoms with Gasteiger partial charge in [0.15, 0.2) is 0 Å². The van der Waals surface area contributed by atoms with E-state index >= 15 is 0 Å². The van der Waals surface area contributed by atoms with Gasteiger partial charge in [-0.2, -0.15) is 0 Å². The standard InChI is InChI=1S/C18H28N2/c1-3-18(2)14-19-17(11-15-7-5-4-6-8-15)13-20(18)12-16-9-10-16/h4-8,16-17,19H,3,9-14H2,1-2H3. The maximum Gasteiger partial charge on any atom is 0.0304 e. The average molecular weight is 272 g/mol. The lowest BCUT2D eigenvalue weighted by atomic mass is 9.90. The summed E-state index contributed by atoms with van der Waals surface area (Å²) in [4.78, 5) is 2.77. The summed E-state index contributed by atoms with van der Waals surface area (Å²) in [5.41, 5.74) is 1.81. The van der Waals surface area contributed by atoms with Crippen LogP contribution in [0.2, 0.25) is 0 Å². The van der Waals surface area contributed by atoms with Crippen LogP contribution in [0.25, 0.3) is 0 Å². The second kappa shape index (κ2) is 5.87. The Morgan fingerprint density at radius 1 is 1.25 bits per heavy atom. The van der Waals surface area contributed by atoms with E-state index < -0.39 is 0 Å². The maximum atomic E-state index is 3.79. The van der Waals surface area contributed by atoms with Crippen LogP contribution < -0.4 is 5.32 Å². The molecule has 1 saturated heterocycles. The quantitative estimate of drug-likeness (QED) is 0.886. The van der Waals surface area contributed by atoms with Gasteiger partial charge in [-0.25, -0.2) is 0 Å². The first kappa shape index (κ1) is 14.1. The first-order valence-corrected chi connectivity index (χ1v) is 8.22. The Bertz CT molecular complexity index is 426. The summed E-state index contributed by atoms with van der Waals surface area (Å²) in [5, 5.41) is 3.79. The lowest BCUT2D eigenvalue weighted by Gasteiger charge is -2.48. The highest BCUT2D eigenvalue weighted by Crippen LogP contribution is 2.34. The molecule has 0 radical (unpaired) electrons. The Balaban J connectivity index is 1.63. The highest BCUT2D eigenvalue weighted by atomic mass is 15.3. The smallest absolute Gasteiger partial charge is 0.0304 e. The Morgan fingerprint density at radius 3 is 2.65 bits per heavy atom. The van der Waals surface area contributed by atoms with Crippen molar-refractivity contribution in [3.05, 3.63) is 35.9 Å². The van der Waals surface area contributed by atoms with Crippen molar-refractivity contribution >= 4 is 0 Å². The van der Waals surface area contributed by atoms with Gasteiger partial charge in [-0.1, -0.05) is 37.3 Å². The number of rotatable bonds is 5. The molecule has 20 heavy (non-hydrogen) atoms. The Kier molecular flexibility index (Phi) is 4.13. The van der Waals surface area contributed by atoms with Crippen molar-refractivity contribution in [2.45, 2.75) is 51.1 Å². The van der Waals surface area contributed by atoms with Gasteiger partial charge in [0.05, 0.1) is 0 Å². The highest BCUT2D eigenvalue weighted by Gasteiger charge is 2.38. The van der Waals surface area contributed by atoms with Crippen molar-refractivity contribution in [3.63, 3.8) is 0 Å². The van der Waals surface area contributed by atoms with E-state index in [0.717, 1.165) is 18.9 Å². The lowest BCUT2D eigenvalue weighted by Crippen LogP contribution is -2.63. The third-order valence-electron chi connectivity index (χ3n) is 5.24. The van der Waals surface area contributed by atoms with E-state index in [0.29, 0.717) is 11.6 Å². The van der Waals surface area contributed by atoms with Gasteiger partial charge >= 0.3 is 0 Å².